The van der Waals surface area contributed by atoms with Crippen LogP contribution in [0.2, 0.25) is 0 Å². The van der Waals surface area contributed by atoms with Gasteiger partial charge in [0, 0.05) is 11.6 Å². The standard InChI is InChI=1S/C16H13Br2N3O3/c1-23-10-3-4-11(15(22)7-10)14-8-19-20-21(14)9-5-12(17)16(24-2)13(18)6-9/h3-8,22H,1-2H3. The Labute approximate surface area is 155 Å². The highest BCUT2D eigenvalue weighted by Gasteiger charge is 2.16. The van der Waals surface area contributed by atoms with Gasteiger partial charge in [-0.15, -0.1) is 5.10 Å². The number of nitrogens with zero attached hydrogens (tertiary/aromatic N) is 3. The third kappa shape index (κ3) is 2.99. The second kappa shape index (κ2) is 6.82. The number of halogens is 2. The first-order valence-electron chi connectivity index (χ1n) is 6.86. The minimum absolute atomic E-state index is 0.0875. The van der Waals surface area contributed by atoms with Gasteiger partial charge < -0.3 is 14.6 Å². The molecule has 0 aliphatic carbocycles. The molecule has 0 aliphatic heterocycles. The summed E-state index contributed by atoms with van der Waals surface area (Å²) in [6.07, 6.45) is 1.59. The van der Waals surface area contributed by atoms with Gasteiger partial charge in [0.25, 0.3) is 0 Å². The zero-order valence-corrected chi connectivity index (χ0v) is 16.0. The van der Waals surface area contributed by atoms with Crippen LogP contribution in [0.4, 0.5) is 0 Å². The molecule has 0 spiro atoms. The lowest BCUT2D eigenvalue weighted by Gasteiger charge is -2.12. The number of phenolic OH excluding ortho intramolecular Hbond substituents is 1. The van der Waals surface area contributed by atoms with Gasteiger partial charge in [0.2, 0.25) is 0 Å². The summed E-state index contributed by atoms with van der Waals surface area (Å²) in [6, 6.07) is 8.81. The molecule has 0 saturated carbocycles. The van der Waals surface area contributed by atoms with Crippen LogP contribution in [0.25, 0.3) is 16.9 Å². The predicted molar refractivity (Wildman–Crippen MR) is 97.0 cm³/mol. The normalized spacial score (nSPS) is 10.7. The van der Waals surface area contributed by atoms with E-state index in [1.165, 1.54) is 0 Å². The number of methoxy groups -OCH3 is 2. The highest BCUT2D eigenvalue weighted by Crippen LogP contribution is 2.37. The molecule has 8 heteroatoms. The van der Waals surface area contributed by atoms with Gasteiger partial charge in [-0.3, -0.25) is 0 Å². The molecule has 3 rings (SSSR count). The minimum atomic E-state index is 0.0875. The van der Waals surface area contributed by atoms with E-state index in [0.717, 1.165) is 14.6 Å². The van der Waals surface area contributed by atoms with E-state index in [9.17, 15) is 5.11 Å². The van der Waals surface area contributed by atoms with Gasteiger partial charge in [-0.25, -0.2) is 4.68 Å². The fraction of sp³-hybridized carbons (Fsp3) is 0.125. The van der Waals surface area contributed by atoms with Crippen molar-refractivity contribution in [3.63, 3.8) is 0 Å². The number of aromatic nitrogens is 3. The molecule has 124 valence electrons. The Morgan fingerprint density at radius 2 is 1.75 bits per heavy atom. The van der Waals surface area contributed by atoms with Gasteiger partial charge in [0.05, 0.1) is 40.7 Å². The highest BCUT2D eigenvalue weighted by molar-refractivity contribution is 9.11. The first kappa shape index (κ1) is 16.8. The summed E-state index contributed by atoms with van der Waals surface area (Å²) < 4.78 is 13.6. The zero-order chi connectivity index (χ0) is 17.3. The smallest absolute Gasteiger partial charge is 0.147 e. The molecule has 24 heavy (non-hydrogen) atoms. The fourth-order valence-electron chi connectivity index (χ4n) is 2.33. The van der Waals surface area contributed by atoms with E-state index in [-0.39, 0.29) is 5.75 Å². The lowest BCUT2D eigenvalue weighted by atomic mass is 10.1. The summed E-state index contributed by atoms with van der Waals surface area (Å²) in [4.78, 5) is 0. The molecule has 6 nitrogen and oxygen atoms in total. The van der Waals surface area contributed by atoms with Crippen molar-refractivity contribution in [3.8, 4) is 34.2 Å². The van der Waals surface area contributed by atoms with Crippen LogP contribution in [0.5, 0.6) is 17.2 Å². The number of ether oxygens (including phenoxy) is 2. The second-order valence-corrected chi connectivity index (χ2v) is 6.57. The molecule has 0 saturated heterocycles. The van der Waals surface area contributed by atoms with Gasteiger partial charge >= 0.3 is 0 Å². The summed E-state index contributed by atoms with van der Waals surface area (Å²) in [5, 5.41) is 18.4. The third-order valence-corrected chi connectivity index (χ3v) is 4.64. The summed E-state index contributed by atoms with van der Waals surface area (Å²) in [5.74, 6) is 1.35. The van der Waals surface area contributed by atoms with Crippen molar-refractivity contribution in [3.05, 3.63) is 45.5 Å². The van der Waals surface area contributed by atoms with Gasteiger partial charge in [-0.1, -0.05) is 5.21 Å². The summed E-state index contributed by atoms with van der Waals surface area (Å²) in [7, 11) is 3.15. The molecule has 0 radical (unpaired) electrons. The van der Waals surface area contributed by atoms with Crippen LogP contribution in [0.15, 0.2) is 45.5 Å². The Kier molecular flexibility index (Phi) is 4.77. The molecule has 0 amide bonds. The molecule has 0 aliphatic rings. The van der Waals surface area contributed by atoms with Crippen LogP contribution in [-0.4, -0.2) is 34.3 Å². The quantitative estimate of drug-likeness (QED) is 0.640. The predicted octanol–water partition coefficient (Wildman–Crippen LogP) is 4.18. The van der Waals surface area contributed by atoms with Crippen molar-refractivity contribution in [2.24, 2.45) is 0 Å². The maximum atomic E-state index is 10.3. The van der Waals surface area contributed by atoms with Gasteiger partial charge in [0.15, 0.2) is 0 Å². The Morgan fingerprint density at radius 3 is 2.33 bits per heavy atom. The maximum Gasteiger partial charge on any atom is 0.147 e. The van der Waals surface area contributed by atoms with E-state index in [4.69, 9.17) is 9.47 Å². The van der Waals surface area contributed by atoms with Crippen molar-refractivity contribution in [2.75, 3.05) is 14.2 Å². The molecule has 0 atom stereocenters. The zero-order valence-electron chi connectivity index (χ0n) is 12.8. The van der Waals surface area contributed by atoms with Crippen molar-refractivity contribution in [1.29, 1.82) is 0 Å². The van der Waals surface area contributed by atoms with Crippen molar-refractivity contribution in [1.82, 2.24) is 15.0 Å². The number of hydrogen-bond acceptors (Lipinski definition) is 5. The van der Waals surface area contributed by atoms with E-state index in [0.29, 0.717) is 22.8 Å². The van der Waals surface area contributed by atoms with E-state index in [2.05, 4.69) is 42.2 Å². The number of hydrogen-bond donors (Lipinski definition) is 1. The van der Waals surface area contributed by atoms with Crippen LogP contribution in [-0.2, 0) is 0 Å². The van der Waals surface area contributed by atoms with Crippen LogP contribution in [0.3, 0.4) is 0 Å². The maximum absolute atomic E-state index is 10.3. The Morgan fingerprint density at radius 1 is 1.04 bits per heavy atom. The van der Waals surface area contributed by atoms with E-state index in [1.807, 2.05) is 12.1 Å². The molecular weight excluding hydrogens is 442 g/mol. The van der Waals surface area contributed by atoms with Crippen LogP contribution in [0, 0.1) is 0 Å². The molecule has 0 unspecified atom stereocenters. The number of aromatic hydroxyl groups is 1. The largest absolute Gasteiger partial charge is 0.507 e. The average molecular weight is 455 g/mol. The topological polar surface area (TPSA) is 69.4 Å². The van der Waals surface area contributed by atoms with Crippen molar-refractivity contribution in [2.45, 2.75) is 0 Å². The van der Waals surface area contributed by atoms with Crippen LogP contribution >= 0.6 is 31.9 Å². The Hall–Kier alpha value is -2.06. The van der Waals surface area contributed by atoms with Crippen LogP contribution < -0.4 is 9.47 Å². The molecule has 2 aromatic carbocycles. The SMILES string of the molecule is COc1ccc(-c2cnnn2-c2cc(Br)c(OC)c(Br)c2)c(O)c1. The summed E-state index contributed by atoms with van der Waals surface area (Å²) in [5.41, 5.74) is 2.01. The minimum Gasteiger partial charge on any atom is -0.507 e. The van der Waals surface area contributed by atoms with E-state index >= 15 is 0 Å². The first-order valence-corrected chi connectivity index (χ1v) is 8.45. The molecular formula is C16H13Br2N3O3. The van der Waals surface area contributed by atoms with E-state index < -0.39 is 0 Å². The Bertz CT molecular complexity index is 873. The second-order valence-electron chi connectivity index (χ2n) is 4.86. The summed E-state index contributed by atoms with van der Waals surface area (Å²) >= 11 is 6.95. The number of rotatable bonds is 4. The third-order valence-electron chi connectivity index (χ3n) is 3.46. The monoisotopic (exact) mass is 453 g/mol. The average Bonchev–Trinajstić information content (AvgIpc) is 3.03. The van der Waals surface area contributed by atoms with Crippen molar-refractivity contribution < 1.29 is 14.6 Å². The number of benzene rings is 2. The van der Waals surface area contributed by atoms with Gasteiger partial charge in [-0.2, -0.15) is 0 Å². The summed E-state index contributed by atoms with van der Waals surface area (Å²) in [6.45, 7) is 0. The number of phenols is 1. The molecule has 1 N–H and O–H groups in total. The molecule has 0 fully saturated rings. The lowest BCUT2D eigenvalue weighted by molar-refractivity contribution is 0.408. The molecule has 1 aromatic heterocycles. The fourth-order valence-corrected chi connectivity index (χ4v) is 3.81. The highest BCUT2D eigenvalue weighted by atomic mass is 79.9. The van der Waals surface area contributed by atoms with Gasteiger partial charge in [0.1, 0.15) is 17.2 Å². The molecule has 3 aromatic rings. The first-order chi connectivity index (χ1) is 11.5. The molecule has 0 bridgehead atoms. The Balaban J connectivity index is 2.12. The van der Waals surface area contributed by atoms with Crippen LogP contribution in [0.1, 0.15) is 0 Å². The lowest BCUT2D eigenvalue weighted by Crippen LogP contribution is -2.01. The van der Waals surface area contributed by atoms with Gasteiger partial charge in [-0.05, 0) is 56.1 Å². The van der Waals surface area contributed by atoms with Crippen molar-refractivity contribution >= 4 is 31.9 Å². The van der Waals surface area contributed by atoms with E-state index in [1.54, 1.807) is 43.3 Å². The molecule has 1 heterocycles.